The normalized spacial score (nSPS) is 18.3. The van der Waals surface area contributed by atoms with Crippen LogP contribution >= 0.6 is 0 Å². The summed E-state index contributed by atoms with van der Waals surface area (Å²) < 4.78 is 5.47. The van der Waals surface area contributed by atoms with Crippen molar-refractivity contribution in [3.05, 3.63) is 35.9 Å². The van der Waals surface area contributed by atoms with E-state index in [4.69, 9.17) is 9.84 Å². The number of hydrogen-bond donors (Lipinski definition) is 1. The van der Waals surface area contributed by atoms with Crippen LogP contribution in [-0.2, 0) is 11.3 Å². The number of aliphatic hydroxyl groups is 1. The summed E-state index contributed by atoms with van der Waals surface area (Å²) in [6.45, 7) is 7.91. The van der Waals surface area contributed by atoms with Gasteiger partial charge in [-0.2, -0.15) is 0 Å². The van der Waals surface area contributed by atoms with Crippen molar-refractivity contribution in [2.24, 2.45) is 5.92 Å². The predicted octanol–water partition coefficient (Wildman–Crippen LogP) is 2.35. The molecule has 1 fully saturated rings. The molecule has 1 atom stereocenters. The van der Waals surface area contributed by atoms with Gasteiger partial charge in [-0.1, -0.05) is 30.3 Å². The van der Waals surface area contributed by atoms with Gasteiger partial charge in [-0.05, 0) is 38.3 Å². The topological polar surface area (TPSA) is 53.0 Å². The Bertz CT molecular complexity index is 478. The maximum absolute atomic E-state index is 12.4. The number of nitrogens with zero attached hydrogens (tertiary/aromatic N) is 2. The first-order chi connectivity index (χ1) is 11.1. The summed E-state index contributed by atoms with van der Waals surface area (Å²) in [5, 5.41) is 9.02. The molecule has 1 heterocycles. The molecule has 5 nitrogen and oxygen atoms in total. The smallest absolute Gasteiger partial charge is 0.410 e. The van der Waals surface area contributed by atoms with Crippen LogP contribution in [-0.4, -0.2) is 59.8 Å². The van der Waals surface area contributed by atoms with Gasteiger partial charge in [0.05, 0.1) is 6.61 Å². The second-order valence-electron chi connectivity index (χ2n) is 6.47. The minimum absolute atomic E-state index is 0.116. The van der Waals surface area contributed by atoms with Crippen molar-refractivity contribution in [3.63, 3.8) is 0 Å². The Morgan fingerprint density at radius 2 is 2.13 bits per heavy atom. The van der Waals surface area contributed by atoms with Gasteiger partial charge in [-0.15, -0.1) is 0 Å². The summed E-state index contributed by atoms with van der Waals surface area (Å²) in [7, 11) is 0. The molecular formula is C18H28N2O3. The van der Waals surface area contributed by atoms with Crippen LogP contribution in [0.3, 0.4) is 0 Å². The van der Waals surface area contributed by atoms with E-state index in [0.717, 1.165) is 31.6 Å². The third-order valence-electron chi connectivity index (χ3n) is 4.30. The zero-order chi connectivity index (χ0) is 16.7. The highest BCUT2D eigenvalue weighted by molar-refractivity contribution is 5.68. The highest BCUT2D eigenvalue weighted by atomic mass is 16.6. The van der Waals surface area contributed by atoms with Crippen LogP contribution in [0.2, 0.25) is 0 Å². The Labute approximate surface area is 138 Å². The first kappa shape index (κ1) is 17.8. The number of hydrogen-bond acceptors (Lipinski definition) is 4. The highest BCUT2D eigenvalue weighted by Gasteiger charge is 2.27. The number of ether oxygens (including phenoxy) is 1. The Hall–Kier alpha value is -1.59. The molecule has 2 rings (SSSR count). The first-order valence-corrected chi connectivity index (χ1v) is 8.40. The second-order valence-corrected chi connectivity index (χ2v) is 6.47. The quantitative estimate of drug-likeness (QED) is 0.838. The number of amides is 1. The van der Waals surface area contributed by atoms with E-state index in [0.29, 0.717) is 19.1 Å². The summed E-state index contributed by atoms with van der Waals surface area (Å²) in [5.74, 6) is 0.452. The number of likely N-dealkylation sites (tertiary alicyclic amines) is 1. The maximum atomic E-state index is 12.4. The predicted molar refractivity (Wildman–Crippen MR) is 90.1 cm³/mol. The minimum Gasteiger partial charge on any atom is -0.445 e. The van der Waals surface area contributed by atoms with Gasteiger partial charge in [0.2, 0.25) is 0 Å². The van der Waals surface area contributed by atoms with Crippen LogP contribution in [0.15, 0.2) is 30.3 Å². The first-order valence-electron chi connectivity index (χ1n) is 8.40. The van der Waals surface area contributed by atoms with Crippen LogP contribution in [0.5, 0.6) is 0 Å². The molecule has 0 bridgehead atoms. The van der Waals surface area contributed by atoms with Crippen molar-refractivity contribution in [1.82, 2.24) is 9.80 Å². The molecule has 0 aromatic heterocycles. The molecule has 1 aliphatic rings. The number of carbonyl (C=O) groups excluding carboxylic acids is 1. The maximum Gasteiger partial charge on any atom is 0.410 e. The Morgan fingerprint density at radius 1 is 1.39 bits per heavy atom. The highest BCUT2D eigenvalue weighted by Crippen LogP contribution is 2.19. The van der Waals surface area contributed by atoms with Crippen molar-refractivity contribution in [2.45, 2.75) is 32.9 Å². The van der Waals surface area contributed by atoms with E-state index < -0.39 is 0 Å². The molecule has 1 aromatic rings. The fourth-order valence-corrected chi connectivity index (χ4v) is 2.98. The molecule has 0 spiro atoms. The lowest BCUT2D eigenvalue weighted by Gasteiger charge is -2.28. The molecule has 128 valence electrons. The van der Waals surface area contributed by atoms with Gasteiger partial charge < -0.3 is 19.6 Å². The van der Waals surface area contributed by atoms with Crippen LogP contribution in [0.25, 0.3) is 0 Å². The van der Waals surface area contributed by atoms with Crippen molar-refractivity contribution >= 4 is 6.09 Å². The zero-order valence-corrected chi connectivity index (χ0v) is 14.1. The van der Waals surface area contributed by atoms with Crippen molar-refractivity contribution < 1.29 is 14.6 Å². The van der Waals surface area contributed by atoms with E-state index in [-0.39, 0.29) is 18.7 Å². The molecule has 0 saturated carbocycles. The molecule has 0 radical (unpaired) electrons. The lowest BCUT2D eigenvalue weighted by Crippen LogP contribution is -2.41. The monoisotopic (exact) mass is 320 g/mol. The van der Waals surface area contributed by atoms with E-state index in [2.05, 4.69) is 4.90 Å². The molecule has 1 N–H and O–H groups in total. The van der Waals surface area contributed by atoms with Gasteiger partial charge in [0.1, 0.15) is 6.61 Å². The number of benzene rings is 1. The van der Waals surface area contributed by atoms with Crippen LogP contribution in [0.4, 0.5) is 4.79 Å². The summed E-state index contributed by atoms with van der Waals surface area (Å²) in [6.07, 6.45) is 0.819. The molecule has 0 unspecified atom stereocenters. The van der Waals surface area contributed by atoms with Gasteiger partial charge in [0, 0.05) is 25.7 Å². The van der Waals surface area contributed by atoms with E-state index >= 15 is 0 Å². The van der Waals surface area contributed by atoms with E-state index in [9.17, 15) is 4.79 Å². The summed E-state index contributed by atoms with van der Waals surface area (Å²) in [6, 6.07) is 9.86. The van der Waals surface area contributed by atoms with Crippen LogP contribution in [0, 0.1) is 5.92 Å². The van der Waals surface area contributed by atoms with Crippen molar-refractivity contribution in [1.29, 1.82) is 0 Å². The molecule has 0 aliphatic carbocycles. The molecule has 1 aromatic carbocycles. The lowest BCUT2D eigenvalue weighted by molar-refractivity contribution is 0.0791. The lowest BCUT2D eigenvalue weighted by atomic mass is 10.1. The fraction of sp³-hybridized carbons (Fsp3) is 0.611. The van der Waals surface area contributed by atoms with Gasteiger partial charge in [-0.25, -0.2) is 4.79 Å². The average Bonchev–Trinajstić information content (AvgIpc) is 2.99. The van der Waals surface area contributed by atoms with E-state index in [1.54, 1.807) is 0 Å². The molecule has 1 amide bonds. The molecule has 23 heavy (non-hydrogen) atoms. The average molecular weight is 320 g/mol. The number of β-amino-alcohol motifs (C(OH)–C–C–N with tert-alkyl or cyclic N) is 1. The third-order valence-corrected chi connectivity index (χ3v) is 4.30. The molecule has 5 heteroatoms. The van der Waals surface area contributed by atoms with E-state index in [1.807, 2.05) is 49.1 Å². The summed E-state index contributed by atoms with van der Waals surface area (Å²) in [4.78, 5) is 16.5. The number of carbonyl (C=O) groups is 1. The Morgan fingerprint density at radius 3 is 2.78 bits per heavy atom. The molecule has 1 aliphatic heterocycles. The van der Waals surface area contributed by atoms with E-state index in [1.165, 1.54) is 0 Å². The van der Waals surface area contributed by atoms with Gasteiger partial charge in [0.15, 0.2) is 0 Å². The molecule has 1 saturated heterocycles. The van der Waals surface area contributed by atoms with Crippen molar-refractivity contribution in [2.75, 3.05) is 32.8 Å². The zero-order valence-electron chi connectivity index (χ0n) is 14.1. The summed E-state index contributed by atoms with van der Waals surface area (Å²) in [5.41, 5.74) is 1.000. The Balaban J connectivity index is 1.84. The number of aliphatic hydroxyl groups excluding tert-OH is 1. The Kier molecular flexibility index (Phi) is 6.86. The van der Waals surface area contributed by atoms with Crippen LogP contribution < -0.4 is 0 Å². The third kappa shape index (κ3) is 5.52. The summed E-state index contributed by atoms with van der Waals surface area (Å²) >= 11 is 0. The van der Waals surface area contributed by atoms with Gasteiger partial charge in [-0.3, -0.25) is 0 Å². The SMILES string of the molecule is CC(C)N(C[C@H]1CCN(CCO)C1)C(=O)OCc1ccccc1. The fourth-order valence-electron chi connectivity index (χ4n) is 2.98. The van der Waals surface area contributed by atoms with Crippen molar-refractivity contribution in [3.8, 4) is 0 Å². The van der Waals surface area contributed by atoms with Gasteiger partial charge in [0.25, 0.3) is 0 Å². The second kappa shape index (κ2) is 8.89. The molecular weight excluding hydrogens is 292 g/mol. The largest absolute Gasteiger partial charge is 0.445 e. The minimum atomic E-state index is -0.246. The number of rotatable bonds is 7. The van der Waals surface area contributed by atoms with Crippen LogP contribution in [0.1, 0.15) is 25.8 Å². The standard InChI is InChI=1S/C18H28N2O3/c1-15(2)20(13-17-8-9-19(12-17)10-11-21)18(22)23-14-16-6-4-3-5-7-16/h3-7,15,17,21H,8-14H2,1-2H3/t17-/m0/s1. The van der Waals surface area contributed by atoms with Gasteiger partial charge >= 0.3 is 6.09 Å².